The Morgan fingerprint density at radius 3 is 2.33 bits per heavy atom. The number of rotatable bonds is 3. The number of hydrogen-bond acceptors (Lipinski definition) is 3. The van der Waals surface area contributed by atoms with Crippen LogP contribution >= 0.6 is 22.6 Å². The minimum Gasteiger partial charge on any atom is -0.443 e. The Balaban J connectivity index is 2.44. The van der Waals surface area contributed by atoms with Crippen molar-refractivity contribution in [1.29, 1.82) is 0 Å². The molecule has 18 heavy (non-hydrogen) atoms. The summed E-state index contributed by atoms with van der Waals surface area (Å²) in [5, 5.41) is 0. The van der Waals surface area contributed by atoms with Gasteiger partial charge in [0.1, 0.15) is 5.60 Å². The van der Waals surface area contributed by atoms with Crippen LogP contribution in [0, 0.1) is 3.57 Å². The molecule has 0 aliphatic heterocycles. The highest BCUT2D eigenvalue weighted by atomic mass is 127. The normalized spacial score (nSPS) is 12.9. The summed E-state index contributed by atoms with van der Waals surface area (Å²) in [5.41, 5.74) is 6.07. The molecule has 100 valence electrons. The second-order valence-corrected chi connectivity index (χ2v) is 6.29. The van der Waals surface area contributed by atoms with E-state index in [2.05, 4.69) is 33.4 Å². The smallest absolute Gasteiger partial charge is 0.422 e. The van der Waals surface area contributed by atoms with E-state index in [4.69, 9.17) is 4.74 Å². The monoisotopic (exact) mass is 362 g/mol. The standard InChI is InChI=1S/C13H19IN2O2/c1-9(10-5-7-11(14)8-6-10)15-16-12(17)18-13(2,3)4/h5-9,15H,1-4H3,(H,16,17). The summed E-state index contributed by atoms with van der Waals surface area (Å²) < 4.78 is 6.31. The van der Waals surface area contributed by atoms with Crippen LogP contribution in [0.1, 0.15) is 39.3 Å². The maximum atomic E-state index is 11.5. The van der Waals surface area contributed by atoms with Gasteiger partial charge >= 0.3 is 6.09 Å². The summed E-state index contributed by atoms with van der Waals surface area (Å²) in [4.78, 5) is 11.5. The van der Waals surface area contributed by atoms with Gasteiger partial charge in [0.2, 0.25) is 0 Å². The van der Waals surface area contributed by atoms with Crippen molar-refractivity contribution in [3.05, 3.63) is 33.4 Å². The van der Waals surface area contributed by atoms with E-state index < -0.39 is 11.7 Å². The van der Waals surface area contributed by atoms with Crippen LogP contribution in [0.4, 0.5) is 4.79 Å². The first kappa shape index (κ1) is 15.2. The molecule has 1 aromatic rings. The highest BCUT2D eigenvalue weighted by Crippen LogP contribution is 2.13. The van der Waals surface area contributed by atoms with Crippen LogP contribution in [0.15, 0.2) is 24.3 Å². The first-order chi connectivity index (χ1) is 8.28. The topological polar surface area (TPSA) is 50.4 Å². The molecule has 0 aromatic heterocycles. The summed E-state index contributed by atoms with van der Waals surface area (Å²) in [6, 6.07) is 8.13. The highest BCUT2D eigenvalue weighted by molar-refractivity contribution is 14.1. The third kappa shape index (κ3) is 5.68. The molecule has 2 N–H and O–H groups in total. The number of ether oxygens (including phenoxy) is 1. The van der Waals surface area contributed by atoms with Gasteiger partial charge in [-0.2, -0.15) is 0 Å². The van der Waals surface area contributed by atoms with Crippen LogP contribution in [0.5, 0.6) is 0 Å². The maximum Gasteiger partial charge on any atom is 0.422 e. The fourth-order valence-electron chi connectivity index (χ4n) is 1.31. The molecule has 1 amide bonds. The molecule has 1 aromatic carbocycles. The molecule has 1 rings (SSSR count). The number of carbonyl (C=O) groups excluding carboxylic acids is 1. The van der Waals surface area contributed by atoms with Gasteiger partial charge in [-0.05, 0) is 68.0 Å². The minimum absolute atomic E-state index is 0.0227. The number of halogens is 1. The van der Waals surface area contributed by atoms with Crippen LogP contribution in [0.25, 0.3) is 0 Å². The largest absolute Gasteiger partial charge is 0.443 e. The van der Waals surface area contributed by atoms with Crippen molar-refractivity contribution >= 4 is 28.7 Å². The van der Waals surface area contributed by atoms with Gasteiger partial charge in [-0.3, -0.25) is 5.43 Å². The molecule has 0 spiro atoms. The lowest BCUT2D eigenvalue weighted by molar-refractivity contribution is 0.0489. The molecule has 0 aliphatic rings. The lowest BCUT2D eigenvalue weighted by Gasteiger charge is -2.21. The molecule has 5 heteroatoms. The first-order valence-electron chi connectivity index (χ1n) is 5.78. The van der Waals surface area contributed by atoms with Crippen molar-refractivity contribution in [2.24, 2.45) is 0 Å². The zero-order valence-corrected chi connectivity index (χ0v) is 13.2. The molecular formula is C13H19IN2O2. The summed E-state index contributed by atoms with van der Waals surface area (Å²) in [6.07, 6.45) is -0.472. The second kappa shape index (κ2) is 6.38. The number of carbonyl (C=O) groups is 1. The van der Waals surface area contributed by atoms with E-state index in [0.29, 0.717) is 0 Å². The zero-order valence-electron chi connectivity index (χ0n) is 11.1. The van der Waals surface area contributed by atoms with Gasteiger partial charge in [0.25, 0.3) is 0 Å². The Hall–Kier alpha value is -0.820. The molecule has 0 heterocycles. The molecular weight excluding hydrogens is 343 g/mol. The van der Waals surface area contributed by atoms with Crippen molar-refractivity contribution in [2.45, 2.75) is 39.3 Å². The van der Waals surface area contributed by atoms with Crippen LogP contribution in [0.2, 0.25) is 0 Å². The average Bonchev–Trinajstić information content (AvgIpc) is 2.24. The molecule has 4 nitrogen and oxygen atoms in total. The van der Waals surface area contributed by atoms with E-state index in [-0.39, 0.29) is 6.04 Å². The van der Waals surface area contributed by atoms with Crippen molar-refractivity contribution in [2.75, 3.05) is 0 Å². The van der Waals surface area contributed by atoms with E-state index in [1.807, 2.05) is 52.0 Å². The van der Waals surface area contributed by atoms with Crippen LogP contribution in [0.3, 0.4) is 0 Å². The molecule has 0 aliphatic carbocycles. The summed E-state index contributed by atoms with van der Waals surface area (Å²) in [7, 11) is 0. The fourth-order valence-corrected chi connectivity index (χ4v) is 1.67. The van der Waals surface area contributed by atoms with E-state index in [0.717, 1.165) is 5.56 Å². The highest BCUT2D eigenvalue weighted by Gasteiger charge is 2.16. The summed E-state index contributed by atoms with van der Waals surface area (Å²) >= 11 is 2.26. The van der Waals surface area contributed by atoms with E-state index in [1.54, 1.807) is 0 Å². The van der Waals surface area contributed by atoms with Gasteiger partial charge in [-0.1, -0.05) is 12.1 Å². The molecule has 0 bridgehead atoms. The quantitative estimate of drug-likeness (QED) is 0.640. The Morgan fingerprint density at radius 1 is 1.28 bits per heavy atom. The Morgan fingerprint density at radius 2 is 1.83 bits per heavy atom. The molecule has 0 saturated heterocycles. The third-order valence-corrected chi connectivity index (χ3v) is 2.88. The molecule has 1 atom stereocenters. The SMILES string of the molecule is CC(NNC(=O)OC(C)(C)C)c1ccc(I)cc1. The van der Waals surface area contributed by atoms with E-state index in [9.17, 15) is 4.79 Å². The van der Waals surface area contributed by atoms with Crippen molar-refractivity contribution in [3.8, 4) is 0 Å². The zero-order chi connectivity index (χ0) is 13.8. The Labute approximate surface area is 122 Å². The van der Waals surface area contributed by atoms with Gasteiger partial charge < -0.3 is 4.74 Å². The van der Waals surface area contributed by atoms with Crippen LogP contribution in [-0.4, -0.2) is 11.7 Å². The number of hydrogen-bond donors (Lipinski definition) is 2. The first-order valence-corrected chi connectivity index (χ1v) is 6.86. The average molecular weight is 362 g/mol. The van der Waals surface area contributed by atoms with Crippen LogP contribution < -0.4 is 10.9 Å². The van der Waals surface area contributed by atoms with E-state index in [1.165, 1.54) is 3.57 Å². The molecule has 1 unspecified atom stereocenters. The maximum absolute atomic E-state index is 11.5. The van der Waals surface area contributed by atoms with Gasteiger partial charge in [-0.15, -0.1) is 0 Å². The number of hydrazine groups is 1. The fraction of sp³-hybridized carbons (Fsp3) is 0.462. The number of nitrogens with one attached hydrogen (secondary N) is 2. The Bertz CT molecular complexity index is 398. The second-order valence-electron chi connectivity index (χ2n) is 5.04. The van der Waals surface area contributed by atoms with Gasteiger partial charge in [0, 0.05) is 9.61 Å². The molecule has 0 saturated carbocycles. The van der Waals surface area contributed by atoms with E-state index >= 15 is 0 Å². The third-order valence-electron chi connectivity index (χ3n) is 2.16. The molecule has 0 radical (unpaired) electrons. The number of benzene rings is 1. The van der Waals surface area contributed by atoms with Crippen molar-refractivity contribution in [1.82, 2.24) is 10.9 Å². The van der Waals surface area contributed by atoms with Crippen molar-refractivity contribution in [3.63, 3.8) is 0 Å². The van der Waals surface area contributed by atoms with Gasteiger partial charge in [-0.25, -0.2) is 10.2 Å². The molecule has 0 fully saturated rings. The lowest BCUT2D eigenvalue weighted by atomic mass is 10.1. The van der Waals surface area contributed by atoms with Crippen molar-refractivity contribution < 1.29 is 9.53 Å². The number of amides is 1. The van der Waals surface area contributed by atoms with Crippen LogP contribution in [-0.2, 0) is 4.74 Å². The lowest BCUT2D eigenvalue weighted by Crippen LogP contribution is -2.42. The van der Waals surface area contributed by atoms with Gasteiger partial charge in [0.05, 0.1) is 0 Å². The predicted molar refractivity (Wildman–Crippen MR) is 80.1 cm³/mol. The van der Waals surface area contributed by atoms with Gasteiger partial charge in [0.15, 0.2) is 0 Å². The summed E-state index contributed by atoms with van der Waals surface area (Å²) in [5.74, 6) is 0. The summed E-state index contributed by atoms with van der Waals surface area (Å²) in [6.45, 7) is 7.46. The minimum atomic E-state index is -0.488. The predicted octanol–water partition coefficient (Wildman–Crippen LogP) is 3.38. The Kier molecular flexibility index (Phi) is 5.40.